The Morgan fingerprint density at radius 2 is 1.88 bits per heavy atom. The van der Waals surface area contributed by atoms with Gasteiger partial charge in [0.1, 0.15) is 0 Å². The van der Waals surface area contributed by atoms with E-state index in [1.54, 1.807) is 6.92 Å². The van der Waals surface area contributed by atoms with Crippen molar-refractivity contribution in [2.24, 2.45) is 4.40 Å². The average molecular weight is 253 g/mol. The van der Waals surface area contributed by atoms with E-state index in [-0.39, 0.29) is 0 Å². The third-order valence-corrected chi connectivity index (χ3v) is 3.44. The summed E-state index contributed by atoms with van der Waals surface area (Å²) in [4.78, 5) is 0.674. The second kappa shape index (κ2) is 5.08. The molecule has 17 heavy (non-hydrogen) atoms. The van der Waals surface area contributed by atoms with Gasteiger partial charge in [-0.3, -0.25) is 0 Å². The molecule has 92 valence electrons. The molecule has 1 fully saturated rings. The van der Waals surface area contributed by atoms with Crippen LogP contribution in [-0.4, -0.2) is 29.4 Å². The lowest BCUT2D eigenvalue weighted by Crippen LogP contribution is -2.27. The molecule has 0 saturated carbocycles. The zero-order chi connectivity index (χ0) is 12.3. The fourth-order valence-corrected chi connectivity index (χ4v) is 2.24. The van der Waals surface area contributed by atoms with E-state index in [2.05, 4.69) is 4.40 Å². The molecule has 1 atom stereocenters. The van der Waals surface area contributed by atoms with Gasteiger partial charge in [-0.2, -0.15) is 4.40 Å². The Bertz CT molecular complexity index is 436. The Morgan fingerprint density at radius 3 is 2.47 bits per heavy atom. The van der Waals surface area contributed by atoms with Gasteiger partial charge in [-0.1, -0.05) is 17.7 Å². The summed E-state index contributed by atoms with van der Waals surface area (Å²) in [6.07, 6.45) is 1.47. The SMILES string of the molecule is Cc1ccc([S@](=O)/N=C/C2(C)OCCO2)cc1. The zero-order valence-corrected chi connectivity index (χ0v) is 10.7. The summed E-state index contributed by atoms with van der Waals surface area (Å²) in [5.41, 5.74) is 1.13. The van der Waals surface area contributed by atoms with Crippen molar-refractivity contribution in [3.8, 4) is 0 Å². The molecule has 0 N–H and O–H groups in total. The van der Waals surface area contributed by atoms with Gasteiger partial charge in [0, 0.05) is 0 Å². The van der Waals surface area contributed by atoms with Crippen LogP contribution in [0.25, 0.3) is 0 Å². The molecule has 2 rings (SSSR count). The van der Waals surface area contributed by atoms with Gasteiger partial charge in [-0.15, -0.1) is 0 Å². The predicted molar refractivity (Wildman–Crippen MR) is 66.4 cm³/mol. The van der Waals surface area contributed by atoms with Gasteiger partial charge >= 0.3 is 0 Å². The maximum Gasteiger partial charge on any atom is 0.203 e. The van der Waals surface area contributed by atoms with Crippen LogP contribution in [0.5, 0.6) is 0 Å². The Balaban J connectivity index is 2.06. The van der Waals surface area contributed by atoms with E-state index in [1.165, 1.54) is 6.21 Å². The monoisotopic (exact) mass is 253 g/mol. The molecule has 1 heterocycles. The lowest BCUT2D eigenvalue weighted by Gasteiger charge is -2.15. The molecule has 0 bridgehead atoms. The van der Waals surface area contributed by atoms with Crippen molar-refractivity contribution in [1.29, 1.82) is 0 Å². The van der Waals surface area contributed by atoms with Crippen molar-refractivity contribution < 1.29 is 13.7 Å². The van der Waals surface area contributed by atoms with Crippen LogP contribution in [0.4, 0.5) is 0 Å². The van der Waals surface area contributed by atoms with Crippen LogP contribution in [-0.2, 0) is 20.5 Å². The highest BCUT2D eigenvalue weighted by molar-refractivity contribution is 7.83. The molecule has 0 unspecified atom stereocenters. The topological polar surface area (TPSA) is 47.9 Å². The first-order chi connectivity index (χ1) is 8.09. The van der Waals surface area contributed by atoms with Crippen molar-refractivity contribution in [2.75, 3.05) is 13.2 Å². The van der Waals surface area contributed by atoms with Crippen LogP contribution >= 0.6 is 0 Å². The summed E-state index contributed by atoms with van der Waals surface area (Å²) in [7, 11) is -1.40. The van der Waals surface area contributed by atoms with Crippen molar-refractivity contribution in [1.82, 2.24) is 0 Å². The van der Waals surface area contributed by atoms with Gasteiger partial charge in [0.05, 0.1) is 24.3 Å². The minimum absolute atomic E-state index is 0.541. The number of nitrogens with zero attached hydrogens (tertiary/aromatic N) is 1. The minimum atomic E-state index is -1.40. The number of benzene rings is 1. The lowest BCUT2D eigenvalue weighted by atomic mass is 10.2. The maximum atomic E-state index is 11.9. The van der Waals surface area contributed by atoms with E-state index >= 15 is 0 Å². The number of ether oxygens (including phenoxy) is 2. The molecule has 1 saturated heterocycles. The Kier molecular flexibility index (Phi) is 3.71. The van der Waals surface area contributed by atoms with Crippen LogP contribution in [0.15, 0.2) is 33.6 Å². The predicted octanol–water partition coefficient (Wildman–Crippen LogP) is 1.85. The highest BCUT2D eigenvalue weighted by Gasteiger charge is 2.29. The maximum absolute atomic E-state index is 11.9. The zero-order valence-electron chi connectivity index (χ0n) is 9.88. The van der Waals surface area contributed by atoms with Gasteiger partial charge in [0.15, 0.2) is 11.0 Å². The fourth-order valence-electron chi connectivity index (χ4n) is 1.46. The molecule has 0 spiro atoms. The van der Waals surface area contributed by atoms with Gasteiger partial charge in [-0.05, 0) is 26.0 Å². The van der Waals surface area contributed by atoms with E-state index < -0.39 is 16.8 Å². The molecular formula is C12H15NO3S. The molecule has 5 heteroatoms. The quantitative estimate of drug-likeness (QED) is 0.772. The molecule has 0 aromatic heterocycles. The first-order valence-electron chi connectivity index (χ1n) is 5.41. The molecule has 1 aliphatic rings. The first kappa shape index (κ1) is 12.4. The third-order valence-electron chi connectivity index (χ3n) is 2.47. The molecule has 1 aliphatic heterocycles. The summed E-state index contributed by atoms with van der Waals surface area (Å²) in [5.74, 6) is -0.833. The van der Waals surface area contributed by atoms with Crippen LogP contribution in [0.1, 0.15) is 12.5 Å². The number of aryl methyl sites for hydroxylation is 1. The van der Waals surface area contributed by atoms with Gasteiger partial charge in [0.25, 0.3) is 0 Å². The fraction of sp³-hybridized carbons (Fsp3) is 0.417. The number of hydrogen-bond donors (Lipinski definition) is 0. The smallest absolute Gasteiger partial charge is 0.203 e. The summed E-state index contributed by atoms with van der Waals surface area (Å²) < 4.78 is 26.5. The molecule has 4 nitrogen and oxygen atoms in total. The summed E-state index contributed by atoms with van der Waals surface area (Å²) in [6.45, 7) is 4.83. The minimum Gasteiger partial charge on any atom is -0.343 e. The molecular weight excluding hydrogens is 238 g/mol. The van der Waals surface area contributed by atoms with E-state index in [9.17, 15) is 4.21 Å². The van der Waals surface area contributed by atoms with E-state index in [1.807, 2.05) is 31.2 Å². The third kappa shape index (κ3) is 3.21. The molecule has 0 amide bonds. The van der Waals surface area contributed by atoms with Crippen molar-refractivity contribution in [3.05, 3.63) is 29.8 Å². The molecule has 0 radical (unpaired) electrons. The number of rotatable bonds is 3. The molecule has 1 aromatic rings. The van der Waals surface area contributed by atoms with Gasteiger partial charge < -0.3 is 9.47 Å². The average Bonchev–Trinajstić information content (AvgIpc) is 2.75. The molecule has 1 aromatic carbocycles. The second-order valence-electron chi connectivity index (χ2n) is 4.01. The standard InChI is InChI=1S/C12H15NO3S/c1-10-3-5-11(6-4-10)17(14)13-9-12(2)15-7-8-16-12/h3-6,9H,7-8H2,1-2H3/b13-9+/t17-/m0/s1. The van der Waals surface area contributed by atoms with Crippen molar-refractivity contribution in [2.45, 2.75) is 24.5 Å². The van der Waals surface area contributed by atoms with Crippen molar-refractivity contribution >= 4 is 17.2 Å². The lowest BCUT2D eigenvalue weighted by molar-refractivity contribution is -0.0772. The Labute approximate surface area is 103 Å². The van der Waals surface area contributed by atoms with Crippen molar-refractivity contribution in [3.63, 3.8) is 0 Å². The van der Waals surface area contributed by atoms with E-state index in [0.29, 0.717) is 18.1 Å². The summed E-state index contributed by atoms with van der Waals surface area (Å²) >= 11 is 0. The largest absolute Gasteiger partial charge is 0.343 e. The highest BCUT2D eigenvalue weighted by Crippen LogP contribution is 2.17. The summed E-state index contributed by atoms with van der Waals surface area (Å²) in [5, 5.41) is 0. The Hall–Kier alpha value is -1.04. The van der Waals surface area contributed by atoms with E-state index in [0.717, 1.165) is 5.56 Å². The normalized spacial score (nSPS) is 20.8. The van der Waals surface area contributed by atoms with E-state index in [4.69, 9.17) is 9.47 Å². The number of hydrogen-bond acceptors (Lipinski definition) is 3. The van der Waals surface area contributed by atoms with Crippen LogP contribution in [0, 0.1) is 6.92 Å². The second-order valence-corrected chi connectivity index (χ2v) is 5.19. The van der Waals surface area contributed by atoms with Crippen LogP contribution in [0.3, 0.4) is 0 Å². The van der Waals surface area contributed by atoms with Crippen LogP contribution in [0.2, 0.25) is 0 Å². The Morgan fingerprint density at radius 1 is 1.29 bits per heavy atom. The molecule has 0 aliphatic carbocycles. The van der Waals surface area contributed by atoms with Crippen LogP contribution < -0.4 is 0 Å². The van der Waals surface area contributed by atoms with Gasteiger partial charge in [0.2, 0.25) is 5.79 Å². The first-order valence-corrected chi connectivity index (χ1v) is 6.51. The van der Waals surface area contributed by atoms with Gasteiger partial charge in [-0.25, -0.2) is 4.21 Å². The highest BCUT2D eigenvalue weighted by atomic mass is 32.2. The summed E-state index contributed by atoms with van der Waals surface area (Å²) in [6, 6.07) is 7.43.